The molecule has 2 atom stereocenters. The number of fused-ring (bicyclic) bond motifs is 1. The molecule has 1 aromatic carbocycles. The first-order valence-corrected chi connectivity index (χ1v) is 14.2. The molecule has 0 bridgehead atoms. The van der Waals surface area contributed by atoms with Crippen LogP contribution in [0.3, 0.4) is 0 Å². The molecule has 2 aliphatic rings. The minimum Gasteiger partial charge on any atom is -0.339 e. The number of rotatable bonds is 8. The number of carbonyl (C=O) groups is 2. The quantitative estimate of drug-likeness (QED) is 0.565. The van der Waals surface area contributed by atoms with E-state index in [1.807, 2.05) is 19.1 Å². The average molecular weight is 529 g/mol. The third kappa shape index (κ3) is 6.01. The van der Waals surface area contributed by atoms with Crippen molar-refractivity contribution in [2.75, 3.05) is 26.2 Å². The van der Waals surface area contributed by atoms with Crippen LogP contribution in [-0.2, 0) is 19.6 Å². The summed E-state index contributed by atoms with van der Waals surface area (Å²) in [5, 5.41) is 0.734. The summed E-state index contributed by atoms with van der Waals surface area (Å²) in [7, 11) is -3.85. The first-order chi connectivity index (χ1) is 17.7. The fourth-order valence-electron chi connectivity index (χ4n) is 4.85. The van der Waals surface area contributed by atoms with Gasteiger partial charge in [0.25, 0.3) is 10.0 Å². The summed E-state index contributed by atoms with van der Waals surface area (Å²) in [5.74, 6) is -0.931. The Morgan fingerprint density at radius 1 is 1.05 bits per heavy atom. The van der Waals surface area contributed by atoms with Crippen LogP contribution in [0.15, 0.2) is 64.8 Å². The Morgan fingerprint density at radius 2 is 1.76 bits per heavy atom. The summed E-state index contributed by atoms with van der Waals surface area (Å²) in [6, 6.07) is 8.57. The van der Waals surface area contributed by atoms with Crippen molar-refractivity contribution < 1.29 is 22.4 Å². The maximum atomic E-state index is 13.9. The van der Waals surface area contributed by atoms with Gasteiger partial charge in [-0.25, -0.2) is 12.8 Å². The Bertz CT molecular complexity index is 1330. The lowest BCUT2D eigenvalue weighted by molar-refractivity contribution is -0.142. The lowest BCUT2D eigenvalue weighted by atomic mass is 9.97. The minimum atomic E-state index is -3.85. The van der Waals surface area contributed by atoms with Crippen LogP contribution in [0.25, 0.3) is 10.9 Å². The third-order valence-corrected chi connectivity index (χ3v) is 8.36. The summed E-state index contributed by atoms with van der Waals surface area (Å²) in [6.45, 7) is 4.89. The fourth-order valence-corrected chi connectivity index (χ4v) is 6.16. The largest absolute Gasteiger partial charge is 0.339 e. The third-order valence-electron chi connectivity index (χ3n) is 6.92. The van der Waals surface area contributed by atoms with Gasteiger partial charge in [0.2, 0.25) is 11.8 Å². The molecule has 1 saturated heterocycles. The smallest absolute Gasteiger partial charge is 0.263 e. The zero-order valence-corrected chi connectivity index (χ0v) is 22.0. The van der Waals surface area contributed by atoms with Crippen molar-refractivity contribution in [1.82, 2.24) is 19.5 Å². The van der Waals surface area contributed by atoms with Crippen LogP contribution in [0, 0.1) is 5.92 Å². The number of allylic oxidation sites excluding steroid dienone is 3. The number of aromatic nitrogens is 1. The van der Waals surface area contributed by atoms with Crippen molar-refractivity contribution in [3.63, 3.8) is 0 Å². The van der Waals surface area contributed by atoms with Crippen molar-refractivity contribution in [3.05, 3.63) is 60.0 Å². The Kier molecular flexibility index (Phi) is 8.26. The number of nitrogens with zero attached hydrogens (tertiary/aromatic N) is 3. The number of nitrogens with one attached hydrogen (secondary N) is 1. The van der Waals surface area contributed by atoms with Crippen LogP contribution < -0.4 is 4.72 Å². The molecule has 2 heterocycles. The molecule has 0 saturated carbocycles. The molecule has 8 nitrogen and oxygen atoms in total. The lowest BCUT2D eigenvalue weighted by Gasteiger charge is -2.37. The van der Waals surface area contributed by atoms with Gasteiger partial charge in [-0.3, -0.25) is 19.3 Å². The SMILES string of the molecule is CCCC(C(=O)N1CCN(C(=O)C2=CC=C(NS(=O)(=O)c3cccc4cccnc34)CC2)CC1)C(C)F. The number of pyridine rings is 1. The average Bonchev–Trinajstić information content (AvgIpc) is 2.90. The van der Waals surface area contributed by atoms with Crippen LogP contribution in [0.1, 0.15) is 39.5 Å². The van der Waals surface area contributed by atoms with E-state index in [0.717, 1.165) is 11.8 Å². The number of carbonyl (C=O) groups excluding carboxylic acids is 2. The predicted octanol–water partition coefficient (Wildman–Crippen LogP) is 3.56. The number of sulfonamides is 1. The van der Waals surface area contributed by atoms with Gasteiger partial charge in [0.1, 0.15) is 11.1 Å². The number of hydrogen-bond acceptors (Lipinski definition) is 5. The molecule has 2 amide bonds. The molecule has 1 aliphatic carbocycles. The molecule has 10 heteroatoms. The molecule has 4 rings (SSSR count). The number of alkyl halides is 1. The lowest BCUT2D eigenvalue weighted by Crippen LogP contribution is -2.53. The highest BCUT2D eigenvalue weighted by Crippen LogP contribution is 2.25. The Balaban J connectivity index is 1.38. The van der Waals surface area contributed by atoms with Crippen LogP contribution in [0.4, 0.5) is 4.39 Å². The van der Waals surface area contributed by atoms with E-state index in [4.69, 9.17) is 0 Å². The second-order valence-corrected chi connectivity index (χ2v) is 11.2. The number of amides is 2. The molecule has 198 valence electrons. The first-order valence-electron chi connectivity index (χ1n) is 12.7. The number of para-hydroxylation sites is 1. The van der Waals surface area contributed by atoms with Gasteiger partial charge in [-0.05, 0) is 44.4 Å². The number of halogens is 1. The first kappa shape index (κ1) is 26.8. The zero-order valence-electron chi connectivity index (χ0n) is 21.2. The van der Waals surface area contributed by atoms with Crippen LogP contribution >= 0.6 is 0 Å². The van der Waals surface area contributed by atoms with Crippen molar-refractivity contribution in [3.8, 4) is 0 Å². The monoisotopic (exact) mass is 528 g/mol. The van der Waals surface area contributed by atoms with Crippen LogP contribution in [0.5, 0.6) is 0 Å². The Hall–Kier alpha value is -3.27. The molecular weight excluding hydrogens is 495 g/mol. The van der Waals surface area contributed by atoms with Gasteiger partial charge in [-0.1, -0.05) is 37.6 Å². The normalized spacial score (nSPS) is 18.1. The Labute approximate surface area is 217 Å². The molecule has 2 aromatic rings. The van der Waals surface area contributed by atoms with Gasteiger partial charge >= 0.3 is 0 Å². The number of hydrogen-bond donors (Lipinski definition) is 1. The molecule has 0 spiro atoms. The summed E-state index contributed by atoms with van der Waals surface area (Å²) in [6.07, 6.45) is 5.67. The van der Waals surface area contributed by atoms with Gasteiger partial charge in [-0.15, -0.1) is 0 Å². The molecule has 1 N–H and O–H groups in total. The van der Waals surface area contributed by atoms with Crippen LogP contribution in [-0.4, -0.2) is 67.4 Å². The highest BCUT2D eigenvalue weighted by atomic mass is 32.2. The maximum absolute atomic E-state index is 13.9. The van der Waals surface area contributed by atoms with E-state index in [1.165, 1.54) is 13.0 Å². The van der Waals surface area contributed by atoms with Crippen molar-refractivity contribution in [2.45, 2.75) is 50.6 Å². The van der Waals surface area contributed by atoms with Crippen LogP contribution in [0.2, 0.25) is 0 Å². The second-order valence-electron chi connectivity index (χ2n) is 9.51. The fraction of sp³-hybridized carbons (Fsp3) is 0.444. The summed E-state index contributed by atoms with van der Waals surface area (Å²) < 4.78 is 42.7. The van der Waals surface area contributed by atoms with Crippen molar-refractivity contribution in [2.24, 2.45) is 5.92 Å². The van der Waals surface area contributed by atoms with Gasteiger partial charge in [0.15, 0.2) is 0 Å². The zero-order chi connectivity index (χ0) is 26.6. The molecule has 37 heavy (non-hydrogen) atoms. The molecule has 2 unspecified atom stereocenters. The maximum Gasteiger partial charge on any atom is 0.263 e. The standard InChI is InChI=1S/C27H33FN4O4S/c1-3-6-23(19(2)28)27(34)32-17-15-31(16-18-32)26(33)21-10-12-22(13-11-21)30-37(35,36)24-9-4-7-20-8-5-14-29-25(20)24/h4-5,7-10,12,14,19,23,30H,3,6,11,13,15-18H2,1-2H3. The summed E-state index contributed by atoms with van der Waals surface area (Å²) >= 11 is 0. The van der Waals surface area contributed by atoms with E-state index in [9.17, 15) is 22.4 Å². The molecule has 0 radical (unpaired) electrons. The van der Waals surface area contributed by atoms with Gasteiger partial charge in [-0.2, -0.15) is 0 Å². The summed E-state index contributed by atoms with van der Waals surface area (Å²) in [4.78, 5) is 33.5. The molecule has 1 aliphatic heterocycles. The van der Waals surface area contributed by atoms with E-state index >= 15 is 0 Å². The van der Waals surface area contributed by atoms with Gasteiger partial charge in [0, 0.05) is 49.0 Å². The number of benzene rings is 1. The Morgan fingerprint density at radius 3 is 2.41 bits per heavy atom. The van der Waals surface area contributed by atoms with Gasteiger partial charge in [0.05, 0.1) is 11.4 Å². The number of piperazine rings is 1. The topological polar surface area (TPSA) is 99.7 Å². The summed E-state index contributed by atoms with van der Waals surface area (Å²) in [5.41, 5.74) is 1.50. The van der Waals surface area contributed by atoms with Crippen molar-refractivity contribution >= 4 is 32.7 Å². The highest BCUT2D eigenvalue weighted by Gasteiger charge is 2.32. The van der Waals surface area contributed by atoms with E-state index in [1.54, 1.807) is 40.3 Å². The molecular formula is C27H33FN4O4S. The van der Waals surface area contributed by atoms with E-state index in [0.29, 0.717) is 62.2 Å². The van der Waals surface area contributed by atoms with Crippen molar-refractivity contribution in [1.29, 1.82) is 0 Å². The predicted molar refractivity (Wildman–Crippen MR) is 140 cm³/mol. The van der Waals surface area contributed by atoms with E-state index in [-0.39, 0.29) is 16.7 Å². The van der Waals surface area contributed by atoms with E-state index in [2.05, 4.69) is 9.71 Å². The van der Waals surface area contributed by atoms with Gasteiger partial charge < -0.3 is 9.80 Å². The molecule has 1 aromatic heterocycles. The molecule has 1 fully saturated rings. The second kappa shape index (κ2) is 11.4. The minimum absolute atomic E-state index is 0.105. The highest BCUT2D eigenvalue weighted by molar-refractivity contribution is 7.89. The van der Waals surface area contributed by atoms with E-state index < -0.39 is 22.1 Å².